The summed E-state index contributed by atoms with van der Waals surface area (Å²) in [6.45, 7) is 2.04. The van der Waals surface area contributed by atoms with Gasteiger partial charge < -0.3 is 31.9 Å². The number of nitrogens with one attached hydrogen (secondary N) is 6. The molecule has 0 bridgehead atoms. The highest BCUT2D eigenvalue weighted by atomic mass is 33.1. The molecule has 70 heavy (non-hydrogen) atoms. The van der Waals surface area contributed by atoms with E-state index in [9.17, 15) is 28.8 Å². The molecule has 2 atom stereocenters. The maximum absolute atomic E-state index is 13.4. The lowest BCUT2D eigenvalue weighted by atomic mass is 10.1. The van der Waals surface area contributed by atoms with Crippen LogP contribution in [0.1, 0.15) is 244 Å². The van der Waals surface area contributed by atoms with E-state index in [-0.39, 0.29) is 35.4 Å². The zero-order chi connectivity index (χ0) is 50.2. The van der Waals surface area contributed by atoms with Crippen molar-refractivity contribution >= 4 is 57.0 Å². The zero-order valence-corrected chi connectivity index (χ0v) is 45.5. The van der Waals surface area contributed by atoms with Crippen molar-refractivity contribution in [3.63, 3.8) is 0 Å². The molecule has 14 heteroatoms. The van der Waals surface area contributed by atoms with Gasteiger partial charge in [0.2, 0.25) is 35.4 Å². The van der Waals surface area contributed by atoms with Crippen LogP contribution < -0.4 is 31.9 Å². The van der Waals surface area contributed by atoms with Gasteiger partial charge in [-0.2, -0.15) is 0 Å². The molecule has 0 unspecified atom stereocenters. The van der Waals surface area contributed by atoms with Gasteiger partial charge in [-0.25, -0.2) is 0 Å². The molecule has 6 N–H and O–H groups in total. The number of hydrogen-bond acceptors (Lipinski definition) is 8. The topological polar surface area (TPSA) is 175 Å². The van der Waals surface area contributed by atoms with Crippen molar-refractivity contribution in [2.75, 3.05) is 37.7 Å². The minimum atomic E-state index is -0.617. The highest BCUT2D eigenvalue weighted by Crippen LogP contribution is 2.20. The molecule has 0 fully saturated rings. The van der Waals surface area contributed by atoms with E-state index < -0.39 is 12.1 Å². The van der Waals surface area contributed by atoms with Crippen LogP contribution in [0.15, 0.2) is 24.3 Å². The summed E-state index contributed by atoms with van der Waals surface area (Å²) in [6.07, 6.45) is 46.7. The average Bonchev–Trinajstić information content (AvgIpc) is 3.34. The molecule has 0 saturated heterocycles. The molecule has 2 rings (SSSR count). The second-order valence-corrected chi connectivity index (χ2v) is 22.4. The van der Waals surface area contributed by atoms with Gasteiger partial charge in [0.25, 0.3) is 0 Å². The molecular formula is C56H100N6O6S2. The van der Waals surface area contributed by atoms with Gasteiger partial charge in [0.1, 0.15) is 12.1 Å². The molecule has 6 amide bonds. The molecule has 2 aliphatic heterocycles. The van der Waals surface area contributed by atoms with Gasteiger partial charge in [-0.05, 0) is 116 Å². The molecule has 12 nitrogen and oxygen atoms in total. The van der Waals surface area contributed by atoms with Crippen molar-refractivity contribution in [2.24, 2.45) is 0 Å². The molecule has 2 heterocycles. The van der Waals surface area contributed by atoms with Gasteiger partial charge >= 0.3 is 0 Å². The Kier molecular flexibility index (Phi) is 42.4. The summed E-state index contributed by atoms with van der Waals surface area (Å²) in [4.78, 5) is 77.5. The first kappa shape index (κ1) is 63.1. The van der Waals surface area contributed by atoms with Crippen molar-refractivity contribution in [3.05, 3.63) is 24.3 Å². The van der Waals surface area contributed by atoms with Crippen LogP contribution in [0.5, 0.6) is 0 Å². The fraction of sp³-hybridized carbons (Fsp3) is 0.821. The van der Waals surface area contributed by atoms with Gasteiger partial charge in [-0.1, -0.05) is 149 Å². The average molecular weight is 1020 g/mol. The summed E-state index contributed by atoms with van der Waals surface area (Å²) in [5.41, 5.74) is 0. The number of rotatable bonds is 9. The molecule has 0 spiro atoms. The third kappa shape index (κ3) is 39.6. The van der Waals surface area contributed by atoms with Crippen LogP contribution in [0.3, 0.4) is 0 Å². The summed E-state index contributed by atoms with van der Waals surface area (Å²) in [5, 5.41) is 18.1. The van der Waals surface area contributed by atoms with Crippen LogP contribution in [0.4, 0.5) is 0 Å². The summed E-state index contributed by atoms with van der Waals surface area (Å²) >= 11 is 0. The van der Waals surface area contributed by atoms with Crippen molar-refractivity contribution in [2.45, 2.75) is 256 Å². The van der Waals surface area contributed by atoms with Gasteiger partial charge in [0, 0.05) is 63.4 Å². The lowest BCUT2D eigenvalue weighted by Gasteiger charge is -2.19. The second kappa shape index (κ2) is 47.0. The first-order valence-electron chi connectivity index (χ1n) is 28.6. The maximum atomic E-state index is 13.4. The molecule has 0 radical (unpaired) electrons. The van der Waals surface area contributed by atoms with E-state index in [2.05, 4.69) is 56.2 Å². The van der Waals surface area contributed by atoms with Crippen LogP contribution >= 0.6 is 21.6 Å². The molecule has 402 valence electrons. The minimum absolute atomic E-state index is 0.0865. The lowest BCUT2D eigenvalue weighted by molar-refractivity contribution is -0.129. The normalized spacial score (nSPS) is 23.5. The van der Waals surface area contributed by atoms with Crippen LogP contribution in [-0.2, 0) is 28.8 Å². The standard InChI is InChI=1S/C56H100N6O6S2/c63-51-39-29-25-21-17-13-9-5-1-3-7-11-15-19-23-27-31-41-53(65)61-49(37-33-35-43-57-51)55(67)59-45-47-69-70-48-46-60-56(68)50-38-34-36-44-58-52(64)40-30-26-22-18-14-10-6-2-4-8-12-16-20-24-28-32-42-54(66)62-50/h1-4,49-50H,5-48H2,(H,57,63)(H,58,64)(H,59,67)(H,60,68)(H,61,65)(H,62,66)/b3-1-,4-2-/t49-,50-/m0/s1. The lowest BCUT2D eigenvalue weighted by Crippen LogP contribution is -2.47. The van der Waals surface area contributed by atoms with Gasteiger partial charge in [-0.15, -0.1) is 0 Å². The third-order valence-electron chi connectivity index (χ3n) is 13.3. The Morgan fingerprint density at radius 3 is 1.00 bits per heavy atom. The molecule has 0 aromatic rings. The molecule has 0 aliphatic carbocycles. The van der Waals surface area contributed by atoms with E-state index in [1.165, 1.54) is 89.9 Å². The summed E-state index contributed by atoms with van der Waals surface area (Å²) in [7, 11) is 3.23. The number of carbonyl (C=O) groups excluding carboxylic acids is 6. The number of allylic oxidation sites excluding steroid dienone is 4. The highest BCUT2D eigenvalue weighted by molar-refractivity contribution is 8.76. The molecule has 0 aromatic carbocycles. The number of amides is 6. The Bertz CT molecular complexity index is 1330. The highest BCUT2D eigenvalue weighted by Gasteiger charge is 2.22. The largest absolute Gasteiger partial charge is 0.356 e. The van der Waals surface area contributed by atoms with Crippen molar-refractivity contribution in [3.8, 4) is 0 Å². The second-order valence-electron chi connectivity index (χ2n) is 19.7. The first-order valence-corrected chi connectivity index (χ1v) is 31.1. The quantitative estimate of drug-likeness (QED) is 0.0752. The Hall–Kier alpha value is -3.00. The van der Waals surface area contributed by atoms with Crippen LogP contribution in [-0.4, -0.2) is 85.2 Å². The SMILES string of the molecule is O=C1CCCCCCCC/C=C\CCCCCCCCC(=O)N[C@H](C(=O)NCCSSCCNC(=O)[C@@H]2CCCCNC(=O)CCCCCCCC/C=C\CCCCCCCCC(=O)N2)CCCCN1. The summed E-state index contributed by atoms with van der Waals surface area (Å²) < 4.78 is 0. The molecular weight excluding hydrogens is 917 g/mol. The predicted molar refractivity (Wildman–Crippen MR) is 295 cm³/mol. The van der Waals surface area contributed by atoms with Crippen LogP contribution in [0.2, 0.25) is 0 Å². The maximum Gasteiger partial charge on any atom is 0.242 e. The summed E-state index contributed by atoms with van der Waals surface area (Å²) in [6, 6.07) is -1.23. The van der Waals surface area contributed by atoms with Gasteiger partial charge in [0.15, 0.2) is 0 Å². The van der Waals surface area contributed by atoms with E-state index in [1.54, 1.807) is 21.6 Å². The van der Waals surface area contributed by atoms with Crippen molar-refractivity contribution in [1.29, 1.82) is 0 Å². The fourth-order valence-electron chi connectivity index (χ4n) is 8.94. The van der Waals surface area contributed by atoms with Gasteiger partial charge in [0.05, 0.1) is 0 Å². The first-order chi connectivity index (χ1) is 34.3. The third-order valence-corrected chi connectivity index (χ3v) is 15.7. The van der Waals surface area contributed by atoms with E-state index >= 15 is 0 Å². The molecule has 0 aromatic heterocycles. The fourth-order valence-corrected chi connectivity index (χ4v) is 10.8. The summed E-state index contributed by atoms with van der Waals surface area (Å²) in [5.74, 6) is 0.969. The van der Waals surface area contributed by atoms with Crippen LogP contribution in [0, 0.1) is 0 Å². The molecule has 2 aliphatic rings. The zero-order valence-electron chi connectivity index (χ0n) is 43.8. The monoisotopic (exact) mass is 1020 g/mol. The van der Waals surface area contributed by atoms with Crippen molar-refractivity contribution in [1.82, 2.24) is 31.9 Å². The Morgan fingerprint density at radius 1 is 0.386 bits per heavy atom. The predicted octanol–water partition coefficient (Wildman–Crippen LogP) is 11.8. The Balaban J connectivity index is 1.77. The number of hydrogen-bond donors (Lipinski definition) is 6. The minimum Gasteiger partial charge on any atom is -0.356 e. The van der Waals surface area contributed by atoms with Gasteiger partial charge in [-0.3, -0.25) is 28.8 Å². The Morgan fingerprint density at radius 2 is 0.671 bits per heavy atom. The smallest absolute Gasteiger partial charge is 0.242 e. The Labute approximate surface area is 433 Å². The van der Waals surface area contributed by atoms with Crippen molar-refractivity contribution < 1.29 is 28.8 Å². The van der Waals surface area contributed by atoms with E-state index in [0.717, 1.165) is 103 Å². The number of carbonyl (C=O) groups is 6. The molecule has 0 saturated carbocycles. The van der Waals surface area contributed by atoms with E-state index in [1.807, 2.05) is 0 Å². The van der Waals surface area contributed by atoms with E-state index in [4.69, 9.17) is 0 Å². The van der Waals surface area contributed by atoms with Crippen LogP contribution in [0.25, 0.3) is 0 Å². The van der Waals surface area contributed by atoms with E-state index in [0.29, 0.717) is 89.1 Å².